The summed E-state index contributed by atoms with van der Waals surface area (Å²) in [5, 5.41) is 11.8. The van der Waals surface area contributed by atoms with Crippen molar-refractivity contribution in [3.63, 3.8) is 0 Å². The largest absolute Gasteiger partial charge is 0.444 e. The molecule has 0 saturated carbocycles. The fourth-order valence-electron chi connectivity index (χ4n) is 0.951. The number of carbonyl (C=O) groups excluding carboxylic acids is 1. The lowest BCUT2D eigenvalue weighted by Crippen LogP contribution is -2.36. The number of aliphatic hydroxyl groups is 1. The second kappa shape index (κ2) is 5.86. The first-order valence-electron chi connectivity index (χ1n) is 5.00. The third-order valence-electron chi connectivity index (χ3n) is 1.50. The molecule has 84 valence electrons. The summed E-state index contributed by atoms with van der Waals surface area (Å²) in [5.74, 6) is 0. The molecule has 0 fully saturated rings. The molecule has 14 heavy (non-hydrogen) atoms. The van der Waals surface area contributed by atoms with E-state index in [1.807, 2.05) is 6.92 Å². The molecule has 1 atom stereocenters. The summed E-state index contributed by atoms with van der Waals surface area (Å²) in [6.45, 7) is 7.64. The molecule has 0 radical (unpaired) electrons. The smallest absolute Gasteiger partial charge is 0.407 e. The van der Waals surface area contributed by atoms with Gasteiger partial charge in [0.25, 0.3) is 0 Å². The number of rotatable bonds is 4. The predicted octanol–water partition coefficient (Wildman–Crippen LogP) is 1.67. The fourth-order valence-corrected chi connectivity index (χ4v) is 0.951. The van der Waals surface area contributed by atoms with Crippen LogP contribution in [-0.4, -0.2) is 29.4 Å². The topological polar surface area (TPSA) is 58.6 Å². The Bertz CT molecular complexity index is 175. The van der Waals surface area contributed by atoms with Crippen LogP contribution in [0.25, 0.3) is 0 Å². The highest BCUT2D eigenvalue weighted by Crippen LogP contribution is 2.06. The van der Waals surface area contributed by atoms with Gasteiger partial charge in [-0.15, -0.1) is 0 Å². The van der Waals surface area contributed by atoms with Crippen LogP contribution < -0.4 is 5.32 Å². The zero-order valence-electron chi connectivity index (χ0n) is 9.46. The van der Waals surface area contributed by atoms with Crippen LogP contribution in [0.5, 0.6) is 0 Å². The first-order valence-corrected chi connectivity index (χ1v) is 5.00. The number of hydrogen-bond acceptors (Lipinski definition) is 3. The number of alkyl carbamates (subject to hydrolysis) is 1. The van der Waals surface area contributed by atoms with Gasteiger partial charge in [0.05, 0.1) is 6.10 Å². The molecule has 0 aliphatic carbocycles. The number of amides is 1. The average molecular weight is 203 g/mol. The highest BCUT2D eigenvalue weighted by atomic mass is 16.6. The third-order valence-corrected chi connectivity index (χ3v) is 1.50. The lowest BCUT2D eigenvalue weighted by atomic mass is 10.2. The Morgan fingerprint density at radius 3 is 2.50 bits per heavy atom. The highest BCUT2D eigenvalue weighted by Gasteiger charge is 2.16. The van der Waals surface area contributed by atoms with Gasteiger partial charge in [-0.05, 0) is 27.2 Å². The number of ether oxygens (including phenoxy) is 1. The lowest BCUT2D eigenvalue weighted by molar-refractivity contribution is 0.0488. The van der Waals surface area contributed by atoms with Crippen LogP contribution in [0.15, 0.2) is 0 Å². The molecule has 0 saturated heterocycles. The Kier molecular flexibility index (Phi) is 5.53. The fraction of sp³-hybridized carbons (Fsp3) is 0.900. The summed E-state index contributed by atoms with van der Waals surface area (Å²) >= 11 is 0. The SMILES string of the molecule is CCCC(O)CNC(=O)OC(C)(C)C. The maximum absolute atomic E-state index is 11.1. The van der Waals surface area contributed by atoms with Crippen LogP contribution in [0.1, 0.15) is 40.5 Å². The van der Waals surface area contributed by atoms with Crippen molar-refractivity contribution in [3.8, 4) is 0 Å². The quantitative estimate of drug-likeness (QED) is 0.730. The molecule has 0 spiro atoms. The van der Waals surface area contributed by atoms with E-state index in [1.165, 1.54) is 0 Å². The van der Waals surface area contributed by atoms with E-state index in [-0.39, 0.29) is 6.54 Å². The second-order valence-corrected chi connectivity index (χ2v) is 4.33. The molecule has 0 bridgehead atoms. The van der Waals surface area contributed by atoms with Crippen LogP contribution in [0.4, 0.5) is 4.79 Å². The molecule has 0 aliphatic heterocycles. The predicted molar refractivity (Wildman–Crippen MR) is 55.2 cm³/mol. The van der Waals surface area contributed by atoms with Crippen LogP contribution in [0.3, 0.4) is 0 Å². The maximum Gasteiger partial charge on any atom is 0.407 e. The Balaban J connectivity index is 3.64. The van der Waals surface area contributed by atoms with E-state index in [4.69, 9.17) is 4.74 Å². The number of nitrogens with one attached hydrogen (secondary N) is 1. The first-order chi connectivity index (χ1) is 6.35. The highest BCUT2D eigenvalue weighted by molar-refractivity contribution is 5.67. The number of hydrogen-bond donors (Lipinski definition) is 2. The minimum Gasteiger partial charge on any atom is -0.444 e. The van der Waals surface area contributed by atoms with Gasteiger partial charge in [-0.3, -0.25) is 0 Å². The van der Waals surface area contributed by atoms with Gasteiger partial charge in [-0.2, -0.15) is 0 Å². The third kappa shape index (κ3) is 7.86. The summed E-state index contributed by atoms with van der Waals surface area (Å²) in [4.78, 5) is 11.1. The van der Waals surface area contributed by atoms with Crippen LogP contribution >= 0.6 is 0 Å². The van der Waals surface area contributed by atoms with Crippen LogP contribution in [0, 0.1) is 0 Å². The van der Waals surface area contributed by atoms with Gasteiger partial charge in [-0.25, -0.2) is 4.79 Å². The molecule has 4 nitrogen and oxygen atoms in total. The summed E-state index contributed by atoms with van der Waals surface area (Å²) in [7, 11) is 0. The zero-order chi connectivity index (χ0) is 11.2. The van der Waals surface area contributed by atoms with Gasteiger partial charge in [0.2, 0.25) is 0 Å². The van der Waals surface area contributed by atoms with Gasteiger partial charge < -0.3 is 15.2 Å². The Morgan fingerprint density at radius 2 is 2.07 bits per heavy atom. The van der Waals surface area contributed by atoms with Crippen LogP contribution in [-0.2, 0) is 4.74 Å². The van der Waals surface area contributed by atoms with Gasteiger partial charge in [0.1, 0.15) is 5.60 Å². The van der Waals surface area contributed by atoms with Crippen molar-refractivity contribution >= 4 is 6.09 Å². The molecule has 0 rings (SSSR count). The second-order valence-electron chi connectivity index (χ2n) is 4.33. The van der Waals surface area contributed by atoms with E-state index in [0.29, 0.717) is 6.42 Å². The molecule has 0 aliphatic rings. The summed E-state index contributed by atoms with van der Waals surface area (Å²) in [6, 6.07) is 0. The normalized spacial score (nSPS) is 13.5. The zero-order valence-corrected chi connectivity index (χ0v) is 9.46. The molecule has 0 aromatic heterocycles. The maximum atomic E-state index is 11.1. The Hall–Kier alpha value is -0.770. The van der Waals surface area contributed by atoms with Crippen molar-refractivity contribution in [2.75, 3.05) is 6.54 Å². The van der Waals surface area contributed by atoms with E-state index >= 15 is 0 Å². The number of carbonyl (C=O) groups is 1. The standard InChI is InChI=1S/C10H21NO3/c1-5-6-8(12)7-11-9(13)14-10(2,3)4/h8,12H,5-7H2,1-4H3,(H,11,13). The summed E-state index contributed by atoms with van der Waals surface area (Å²) in [5.41, 5.74) is -0.486. The van der Waals surface area contributed by atoms with Crippen molar-refractivity contribution in [1.29, 1.82) is 0 Å². The summed E-state index contributed by atoms with van der Waals surface area (Å²) in [6.07, 6.45) is 0.632. The molecule has 0 aromatic carbocycles. The van der Waals surface area contributed by atoms with Crippen molar-refractivity contribution in [1.82, 2.24) is 5.32 Å². The molecular weight excluding hydrogens is 182 g/mol. The molecule has 0 aromatic rings. The molecule has 1 unspecified atom stereocenters. The minimum atomic E-state index is -0.486. The van der Waals surface area contributed by atoms with Crippen molar-refractivity contribution in [2.45, 2.75) is 52.2 Å². The first kappa shape index (κ1) is 13.2. The van der Waals surface area contributed by atoms with Crippen molar-refractivity contribution in [2.24, 2.45) is 0 Å². The molecule has 0 heterocycles. The molecule has 2 N–H and O–H groups in total. The average Bonchev–Trinajstić information content (AvgIpc) is 1.98. The van der Waals surface area contributed by atoms with Gasteiger partial charge in [0, 0.05) is 6.54 Å². The monoisotopic (exact) mass is 203 g/mol. The Morgan fingerprint density at radius 1 is 1.50 bits per heavy atom. The molecule has 1 amide bonds. The number of aliphatic hydroxyl groups excluding tert-OH is 1. The lowest BCUT2D eigenvalue weighted by Gasteiger charge is -2.20. The van der Waals surface area contributed by atoms with Gasteiger partial charge in [-0.1, -0.05) is 13.3 Å². The van der Waals surface area contributed by atoms with Crippen molar-refractivity contribution in [3.05, 3.63) is 0 Å². The van der Waals surface area contributed by atoms with E-state index < -0.39 is 17.8 Å². The van der Waals surface area contributed by atoms with E-state index in [2.05, 4.69) is 5.32 Å². The van der Waals surface area contributed by atoms with Crippen LogP contribution in [0.2, 0.25) is 0 Å². The molecule has 4 heteroatoms. The van der Waals surface area contributed by atoms with Gasteiger partial charge in [0.15, 0.2) is 0 Å². The summed E-state index contributed by atoms with van der Waals surface area (Å²) < 4.78 is 5.01. The van der Waals surface area contributed by atoms with E-state index in [1.54, 1.807) is 20.8 Å². The molecular formula is C10H21NO3. The Labute approximate surface area is 85.6 Å². The van der Waals surface area contributed by atoms with E-state index in [0.717, 1.165) is 6.42 Å². The minimum absolute atomic E-state index is 0.253. The van der Waals surface area contributed by atoms with Crippen molar-refractivity contribution < 1.29 is 14.6 Å². The van der Waals surface area contributed by atoms with Gasteiger partial charge >= 0.3 is 6.09 Å². The van der Waals surface area contributed by atoms with E-state index in [9.17, 15) is 9.90 Å².